The van der Waals surface area contributed by atoms with Crippen molar-refractivity contribution in [1.82, 2.24) is 14.5 Å². The summed E-state index contributed by atoms with van der Waals surface area (Å²) in [4.78, 5) is 31.9. The quantitative estimate of drug-likeness (QED) is 0.520. The highest BCUT2D eigenvalue weighted by Gasteiger charge is 2.28. The van der Waals surface area contributed by atoms with Gasteiger partial charge in [0.15, 0.2) is 16.7 Å². The number of nitrogens with zero attached hydrogens (tertiary/aromatic N) is 3. The lowest BCUT2D eigenvalue weighted by Crippen LogP contribution is -2.42. The van der Waals surface area contributed by atoms with Crippen molar-refractivity contribution >= 4 is 29.3 Å². The molecule has 0 unspecified atom stereocenters. The molecular formula is C26H28N4O4S. The van der Waals surface area contributed by atoms with E-state index in [1.165, 1.54) is 22.9 Å². The van der Waals surface area contributed by atoms with Gasteiger partial charge >= 0.3 is 0 Å². The van der Waals surface area contributed by atoms with Crippen LogP contribution in [0.3, 0.4) is 0 Å². The summed E-state index contributed by atoms with van der Waals surface area (Å²) in [6.45, 7) is 5.53. The molecule has 1 saturated heterocycles. The molecule has 3 aromatic rings. The van der Waals surface area contributed by atoms with Crippen LogP contribution in [0, 0.1) is 19.8 Å². The molecule has 2 aromatic carbocycles. The van der Waals surface area contributed by atoms with Crippen LogP contribution in [-0.4, -0.2) is 51.9 Å². The van der Waals surface area contributed by atoms with E-state index >= 15 is 0 Å². The first kappa shape index (κ1) is 23.3. The molecule has 9 heteroatoms. The summed E-state index contributed by atoms with van der Waals surface area (Å²) in [7, 11) is 0. The molecule has 5 rings (SSSR count). The number of carbonyl (C=O) groups excluding carboxylic acids is 2. The van der Waals surface area contributed by atoms with Crippen LogP contribution in [0.4, 0.5) is 5.69 Å². The number of benzene rings is 2. The highest BCUT2D eigenvalue weighted by atomic mass is 32.2. The van der Waals surface area contributed by atoms with E-state index in [1.54, 1.807) is 18.3 Å². The van der Waals surface area contributed by atoms with Gasteiger partial charge in [0.05, 0.1) is 11.4 Å². The van der Waals surface area contributed by atoms with Crippen molar-refractivity contribution < 1.29 is 19.1 Å². The van der Waals surface area contributed by atoms with Crippen LogP contribution >= 0.6 is 11.8 Å². The third kappa shape index (κ3) is 5.00. The van der Waals surface area contributed by atoms with Gasteiger partial charge in [-0.3, -0.25) is 14.2 Å². The molecule has 1 N–H and O–H groups in total. The normalized spacial score (nSPS) is 15.3. The molecule has 1 aromatic heterocycles. The molecule has 182 valence electrons. The summed E-state index contributed by atoms with van der Waals surface area (Å²) in [5.41, 5.74) is 4.17. The third-order valence-corrected chi connectivity index (χ3v) is 7.58. The largest absolute Gasteiger partial charge is 0.454 e. The van der Waals surface area contributed by atoms with Gasteiger partial charge in [0, 0.05) is 43.2 Å². The summed E-state index contributed by atoms with van der Waals surface area (Å²) in [6.07, 6.45) is 4.98. The maximum atomic E-state index is 12.9. The first-order valence-electron chi connectivity index (χ1n) is 11.7. The average Bonchev–Trinajstić information content (AvgIpc) is 3.53. The summed E-state index contributed by atoms with van der Waals surface area (Å²) in [6, 6.07) is 11.6. The number of aryl methyl sites for hydroxylation is 1. The summed E-state index contributed by atoms with van der Waals surface area (Å²) < 4.78 is 12.7. The standard InChI is InChI=1S/C26H28N4O4S/c1-17-4-3-5-21(18(17)2)30-13-10-27-26(30)35-15-24(31)29-11-8-19(9-12-29)25(32)28-20-6-7-22-23(14-20)34-16-33-22/h3-7,10,13-14,19H,8-9,11-12,15-16H2,1-2H3,(H,28,32). The van der Waals surface area contributed by atoms with Gasteiger partial charge in [-0.2, -0.15) is 0 Å². The zero-order valence-corrected chi connectivity index (χ0v) is 20.6. The monoisotopic (exact) mass is 492 g/mol. The van der Waals surface area contributed by atoms with E-state index in [4.69, 9.17) is 9.47 Å². The van der Waals surface area contributed by atoms with Crippen molar-refractivity contribution in [3.05, 3.63) is 59.9 Å². The number of amides is 2. The average molecular weight is 493 g/mol. The number of aromatic nitrogens is 2. The maximum Gasteiger partial charge on any atom is 0.233 e. The van der Waals surface area contributed by atoms with Crippen molar-refractivity contribution in [2.45, 2.75) is 31.8 Å². The number of ether oxygens (including phenoxy) is 2. The lowest BCUT2D eigenvalue weighted by atomic mass is 9.96. The number of likely N-dealkylation sites (tertiary alicyclic amines) is 1. The van der Waals surface area contributed by atoms with Crippen molar-refractivity contribution in [3.63, 3.8) is 0 Å². The van der Waals surface area contributed by atoms with Crippen LogP contribution in [0.1, 0.15) is 24.0 Å². The molecule has 2 amide bonds. The van der Waals surface area contributed by atoms with E-state index in [0.29, 0.717) is 48.9 Å². The second kappa shape index (κ2) is 10.0. The zero-order valence-electron chi connectivity index (χ0n) is 19.8. The lowest BCUT2D eigenvalue weighted by molar-refractivity contribution is -0.132. The molecule has 0 bridgehead atoms. The number of imidazole rings is 1. The number of thioether (sulfide) groups is 1. The van der Waals surface area contributed by atoms with Gasteiger partial charge in [-0.1, -0.05) is 23.9 Å². The Morgan fingerprint density at radius 1 is 1.11 bits per heavy atom. The molecule has 0 spiro atoms. The Morgan fingerprint density at radius 2 is 1.91 bits per heavy atom. The molecule has 2 aliphatic rings. The van der Waals surface area contributed by atoms with Crippen LogP contribution in [0.2, 0.25) is 0 Å². The van der Waals surface area contributed by atoms with E-state index in [1.807, 2.05) is 27.8 Å². The predicted molar refractivity (Wildman–Crippen MR) is 134 cm³/mol. The minimum Gasteiger partial charge on any atom is -0.454 e. The number of piperidine rings is 1. The minimum absolute atomic E-state index is 0.0270. The first-order chi connectivity index (χ1) is 17.0. The smallest absolute Gasteiger partial charge is 0.233 e. The van der Waals surface area contributed by atoms with Crippen LogP contribution < -0.4 is 14.8 Å². The van der Waals surface area contributed by atoms with Crippen molar-refractivity contribution in [2.24, 2.45) is 5.92 Å². The maximum absolute atomic E-state index is 12.9. The number of hydrogen-bond acceptors (Lipinski definition) is 6. The Balaban J connectivity index is 1.12. The highest BCUT2D eigenvalue weighted by Crippen LogP contribution is 2.34. The van der Waals surface area contributed by atoms with E-state index in [-0.39, 0.29) is 24.5 Å². The molecule has 0 radical (unpaired) electrons. The number of anilines is 1. The SMILES string of the molecule is Cc1cccc(-n2ccnc2SCC(=O)N2CCC(C(=O)Nc3ccc4c(c3)OCO4)CC2)c1C. The summed E-state index contributed by atoms with van der Waals surface area (Å²) >= 11 is 1.44. The molecule has 2 aliphatic heterocycles. The second-order valence-corrected chi connectivity index (χ2v) is 9.74. The van der Waals surface area contributed by atoms with Gasteiger partial charge in [-0.15, -0.1) is 0 Å². The number of fused-ring (bicyclic) bond motifs is 1. The fourth-order valence-corrected chi connectivity index (χ4v) is 5.27. The van der Waals surface area contributed by atoms with Crippen molar-refractivity contribution in [2.75, 3.05) is 31.0 Å². The Bertz CT molecular complexity index is 1250. The fraction of sp³-hybridized carbons (Fsp3) is 0.346. The molecule has 1 fully saturated rings. The molecule has 35 heavy (non-hydrogen) atoms. The van der Waals surface area contributed by atoms with Crippen LogP contribution in [0.15, 0.2) is 53.9 Å². The van der Waals surface area contributed by atoms with Gasteiger partial charge in [-0.05, 0) is 56.0 Å². The topological polar surface area (TPSA) is 85.7 Å². The zero-order chi connectivity index (χ0) is 24.4. The molecule has 0 aliphatic carbocycles. The molecule has 3 heterocycles. The second-order valence-electron chi connectivity index (χ2n) is 8.80. The molecule has 8 nitrogen and oxygen atoms in total. The van der Waals surface area contributed by atoms with Crippen LogP contribution in [0.25, 0.3) is 5.69 Å². The van der Waals surface area contributed by atoms with Crippen molar-refractivity contribution in [1.29, 1.82) is 0 Å². The van der Waals surface area contributed by atoms with Gasteiger partial charge in [0.1, 0.15) is 0 Å². The Labute approximate surface area is 208 Å². The van der Waals surface area contributed by atoms with E-state index in [9.17, 15) is 9.59 Å². The number of rotatable bonds is 6. The third-order valence-electron chi connectivity index (χ3n) is 6.63. The van der Waals surface area contributed by atoms with E-state index in [2.05, 4.69) is 36.3 Å². The molecule has 0 saturated carbocycles. The highest BCUT2D eigenvalue weighted by molar-refractivity contribution is 7.99. The Morgan fingerprint density at radius 3 is 2.74 bits per heavy atom. The summed E-state index contributed by atoms with van der Waals surface area (Å²) in [5.74, 6) is 1.56. The number of carbonyl (C=O) groups is 2. The number of hydrogen-bond donors (Lipinski definition) is 1. The Hall–Kier alpha value is -3.46. The van der Waals surface area contributed by atoms with Gasteiger partial charge in [0.25, 0.3) is 0 Å². The summed E-state index contributed by atoms with van der Waals surface area (Å²) in [5, 5.41) is 3.76. The fourth-order valence-electron chi connectivity index (χ4n) is 4.40. The van der Waals surface area contributed by atoms with Gasteiger partial charge < -0.3 is 19.7 Å². The van der Waals surface area contributed by atoms with E-state index in [0.717, 1.165) is 10.8 Å². The van der Waals surface area contributed by atoms with Gasteiger partial charge in [-0.25, -0.2) is 4.98 Å². The lowest BCUT2D eigenvalue weighted by Gasteiger charge is -2.31. The number of nitrogens with one attached hydrogen (secondary N) is 1. The Kier molecular flexibility index (Phi) is 6.68. The predicted octanol–water partition coefficient (Wildman–Crippen LogP) is 4.19. The van der Waals surface area contributed by atoms with Crippen LogP contribution in [0.5, 0.6) is 11.5 Å². The van der Waals surface area contributed by atoms with Crippen LogP contribution in [-0.2, 0) is 9.59 Å². The molecule has 0 atom stereocenters. The first-order valence-corrected chi connectivity index (χ1v) is 12.7. The van der Waals surface area contributed by atoms with E-state index < -0.39 is 0 Å². The minimum atomic E-state index is -0.125. The molecular weight excluding hydrogens is 464 g/mol. The van der Waals surface area contributed by atoms with Crippen molar-refractivity contribution in [3.8, 4) is 17.2 Å². The van der Waals surface area contributed by atoms with Gasteiger partial charge in [0.2, 0.25) is 18.6 Å².